The third-order valence-corrected chi connectivity index (χ3v) is 4.13. The van der Waals surface area contributed by atoms with Gasteiger partial charge in [0, 0.05) is 25.9 Å². The minimum atomic E-state index is -1.07. The molecule has 1 heterocycles. The Labute approximate surface area is 130 Å². The Kier molecular flexibility index (Phi) is 5.06. The molecule has 1 amide bonds. The molecule has 1 saturated heterocycles. The van der Waals surface area contributed by atoms with Crippen LogP contribution >= 0.6 is 0 Å². The van der Waals surface area contributed by atoms with Crippen LogP contribution in [0.1, 0.15) is 30.9 Å². The monoisotopic (exact) mass is 305 g/mol. The molecular formula is C17H23NO4. The molecule has 0 saturated carbocycles. The number of hydrogen-bond donors (Lipinski definition) is 1. The van der Waals surface area contributed by atoms with E-state index in [1.54, 1.807) is 4.90 Å². The summed E-state index contributed by atoms with van der Waals surface area (Å²) in [4.78, 5) is 24.5. The van der Waals surface area contributed by atoms with Gasteiger partial charge in [-0.15, -0.1) is 0 Å². The van der Waals surface area contributed by atoms with Gasteiger partial charge >= 0.3 is 5.97 Å². The Bertz CT molecular complexity index is 562. The molecule has 5 heteroatoms. The van der Waals surface area contributed by atoms with Gasteiger partial charge in [0.05, 0.1) is 0 Å². The Balaban J connectivity index is 1.91. The standard InChI is InChI=1S/C17H23NO4/c1-11-4-5-12(2)15(10-11)22-14-6-8-18(9-7-14)16(19)13(3)17(20)21/h4-5,10,13-14H,6-9H2,1-3H3,(H,20,21). The number of carbonyl (C=O) groups is 2. The van der Waals surface area contributed by atoms with Gasteiger partial charge in [-0.05, 0) is 38.0 Å². The number of benzene rings is 1. The first-order valence-corrected chi connectivity index (χ1v) is 7.64. The number of carboxylic acids is 1. The second kappa shape index (κ2) is 6.81. The maximum absolute atomic E-state index is 12.0. The van der Waals surface area contributed by atoms with Gasteiger partial charge in [0.25, 0.3) is 0 Å². The van der Waals surface area contributed by atoms with Crippen LogP contribution in [-0.2, 0) is 9.59 Å². The molecule has 1 fully saturated rings. The average molecular weight is 305 g/mol. The summed E-state index contributed by atoms with van der Waals surface area (Å²) >= 11 is 0. The van der Waals surface area contributed by atoms with Crippen LogP contribution in [-0.4, -0.2) is 41.1 Å². The first-order chi connectivity index (χ1) is 10.4. The Morgan fingerprint density at radius 2 is 1.91 bits per heavy atom. The lowest BCUT2D eigenvalue weighted by molar-refractivity contribution is -0.151. The van der Waals surface area contributed by atoms with Crippen LogP contribution in [0.5, 0.6) is 5.75 Å². The molecule has 0 aromatic heterocycles. The lowest BCUT2D eigenvalue weighted by atomic mass is 10.0. The number of likely N-dealkylation sites (tertiary alicyclic amines) is 1. The third-order valence-electron chi connectivity index (χ3n) is 4.13. The molecular weight excluding hydrogens is 282 g/mol. The van der Waals surface area contributed by atoms with E-state index in [2.05, 4.69) is 6.07 Å². The van der Waals surface area contributed by atoms with Crippen molar-refractivity contribution >= 4 is 11.9 Å². The van der Waals surface area contributed by atoms with Crippen molar-refractivity contribution in [3.8, 4) is 5.75 Å². The normalized spacial score (nSPS) is 17.1. The van der Waals surface area contributed by atoms with Gasteiger partial charge in [-0.2, -0.15) is 0 Å². The van der Waals surface area contributed by atoms with Gasteiger partial charge in [-0.3, -0.25) is 9.59 Å². The number of nitrogens with zero attached hydrogens (tertiary/aromatic N) is 1. The van der Waals surface area contributed by atoms with Crippen LogP contribution in [0.4, 0.5) is 0 Å². The van der Waals surface area contributed by atoms with E-state index in [-0.39, 0.29) is 12.0 Å². The van der Waals surface area contributed by atoms with Gasteiger partial charge in [-0.1, -0.05) is 12.1 Å². The molecule has 22 heavy (non-hydrogen) atoms. The summed E-state index contributed by atoms with van der Waals surface area (Å²) in [7, 11) is 0. The van der Waals surface area contributed by atoms with Crippen LogP contribution in [0, 0.1) is 19.8 Å². The molecule has 5 nitrogen and oxygen atoms in total. The summed E-state index contributed by atoms with van der Waals surface area (Å²) in [5.74, 6) is -1.46. The molecule has 1 aliphatic rings. The van der Waals surface area contributed by atoms with E-state index < -0.39 is 11.9 Å². The molecule has 0 aliphatic carbocycles. The highest BCUT2D eigenvalue weighted by Crippen LogP contribution is 2.24. The largest absolute Gasteiger partial charge is 0.490 e. The van der Waals surface area contributed by atoms with Crippen molar-refractivity contribution in [3.63, 3.8) is 0 Å². The number of aryl methyl sites for hydroxylation is 2. The maximum atomic E-state index is 12.0. The highest BCUT2D eigenvalue weighted by molar-refractivity contribution is 5.96. The summed E-state index contributed by atoms with van der Waals surface area (Å²) in [6.07, 6.45) is 1.53. The molecule has 1 aromatic carbocycles. The zero-order valence-electron chi connectivity index (χ0n) is 13.3. The number of hydrogen-bond acceptors (Lipinski definition) is 3. The van der Waals surface area contributed by atoms with E-state index >= 15 is 0 Å². The zero-order chi connectivity index (χ0) is 16.3. The first-order valence-electron chi connectivity index (χ1n) is 7.64. The number of ether oxygens (including phenoxy) is 1. The molecule has 0 radical (unpaired) electrons. The SMILES string of the molecule is Cc1ccc(C)c(OC2CCN(C(=O)C(C)C(=O)O)CC2)c1. The number of amides is 1. The summed E-state index contributed by atoms with van der Waals surface area (Å²) < 4.78 is 6.05. The summed E-state index contributed by atoms with van der Waals surface area (Å²) in [6.45, 7) is 6.57. The van der Waals surface area contributed by atoms with Crippen molar-refractivity contribution in [2.45, 2.75) is 39.7 Å². The van der Waals surface area contributed by atoms with Crippen LogP contribution in [0.2, 0.25) is 0 Å². The number of aliphatic carboxylic acids is 1. The van der Waals surface area contributed by atoms with Gasteiger partial charge in [0.1, 0.15) is 17.8 Å². The predicted molar refractivity (Wildman–Crippen MR) is 82.9 cm³/mol. The predicted octanol–water partition coefficient (Wildman–Crippen LogP) is 2.39. The Morgan fingerprint density at radius 1 is 1.27 bits per heavy atom. The maximum Gasteiger partial charge on any atom is 0.315 e. The molecule has 2 rings (SSSR count). The molecule has 0 bridgehead atoms. The van der Waals surface area contributed by atoms with Crippen LogP contribution in [0.15, 0.2) is 18.2 Å². The van der Waals surface area contributed by atoms with E-state index in [9.17, 15) is 9.59 Å². The van der Waals surface area contributed by atoms with Gasteiger partial charge in [0.15, 0.2) is 0 Å². The Morgan fingerprint density at radius 3 is 2.50 bits per heavy atom. The number of carboxylic acid groups (broad SMARTS) is 1. The minimum Gasteiger partial charge on any atom is -0.490 e. The highest BCUT2D eigenvalue weighted by atomic mass is 16.5. The van der Waals surface area contributed by atoms with Crippen LogP contribution < -0.4 is 4.74 Å². The van der Waals surface area contributed by atoms with Gasteiger partial charge in [0.2, 0.25) is 5.91 Å². The van der Waals surface area contributed by atoms with Crippen molar-refractivity contribution in [2.75, 3.05) is 13.1 Å². The zero-order valence-corrected chi connectivity index (χ0v) is 13.3. The van der Waals surface area contributed by atoms with Crippen molar-refractivity contribution in [1.82, 2.24) is 4.90 Å². The summed E-state index contributed by atoms with van der Waals surface area (Å²) in [6, 6.07) is 6.12. The molecule has 1 aromatic rings. The lowest BCUT2D eigenvalue weighted by Crippen LogP contribution is -2.45. The molecule has 1 unspecified atom stereocenters. The second-order valence-electron chi connectivity index (χ2n) is 5.97. The number of piperidine rings is 1. The average Bonchev–Trinajstić information content (AvgIpc) is 2.50. The van der Waals surface area contributed by atoms with E-state index in [4.69, 9.17) is 9.84 Å². The molecule has 1 aliphatic heterocycles. The molecule has 120 valence electrons. The van der Waals surface area contributed by atoms with Crippen molar-refractivity contribution < 1.29 is 19.4 Å². The first kappa shape index (κ1) is 16.3. The lowest BCUT2D eigenvalue weighted by Gasteiger charge is -2.33. The minimum absolute atomic E-state index is 0.0738. The van der Waals surface area contributed by atoms with Gasteiger partial charge < -0.3 is 14.7 Å². The van der Waals surface area contributed by atoms with Crippen LogP contribution in [0.3, 0.4) is 0 Å². The smallest absolute Gasteiger partial charge is 0.315 e. The fourth-order valence-corrected chi connectivity index (χ4v) is 2.59. The Hall–Kier alpha value is -2.04. The highest BCUT2D eigenvalue weighted by Gasteiger charge is 2.30. The van der Waals surface area contributed by atoms with Crippen LogP contribution in [0.25, 0.3) is 0 Å². The quantitative estimate of drug-likeness (QED) is 0.867. The number of rotatable bonds is 4. The van der Waals surface area contributed by atoms with Crippen molar-refractivity contribution in [1.29, 1.82) is 0 Å². The molecule has 1 N–H and O–H groups in total. The number of carbonyl (C=O) groups excluding carboxylic acids is 1. The summed E-state index contributed by atoms with van der Waals surface area (Å²) in [5.41, 5.74) is 2.26. The van der Waals surface area contributed by atoms with Crippen molar-refractivity contribution in [2.24, 2.45) is 5.92 Å². The van der Waals surface area contributed by atoms with E-state index in [0.717, 1.165) is 29.7 Å². The van der Waals surface area contributed by atoms with Crippen molar-refractivity contribution in [3.05, 3.63) is 29.3 Å². The summed E-state index contributed by atoms with van der Waals surface area (Å²) in [5, 5.41) is 8.91. The fraction of sp³-hybridized carbons (Fsp3) is 0.529. The fourth-order valence-electron chi connectivity index (χ4n) is 2.59. The van der Waals surface area contributed by atoms with E-state index in [1.165, 1.54) is 6.92 Å². The topological polar surface area (TPSA) is 66.8 Å². The molecule has 1 atom stereocenters. The van der Waals surface area contributed by atoms with E-state index in [0.29, 0.717) is 13.1 Å². The van der Waals surface area contributed by atoms with Gasteiger partial charge in [-0.25, -0.2) is 0 Å². The second-order valence-corrected chi connectivity index (χ2v) is 5.97. The third kappa shape index (κ3) is 3.78. The van der Waals surface area contributed by atoms with E-state index in [1.807, 2.05) is 26.0 Å². The molecule has 0 spiro atoms.